The molecule has 3 saturated carbocycles. The predicted octanol–water partition coefficient (Wildman–Crippen LogP) is 6.20. The molecule has 4 aliphatic rings. The van der Waals surface area contributed by atoms with Crippen LogP contribution in [0.3, 0.4) is 0 Å². The van der Waals surface area contributed by atoms with Gasteiger partial charge in [-0.1, -0.05) is 58.4 Å². The van der Waals surface area contributed by atoms with Crippen molar-refractivity contribution in [1.82, 2.24) is 0 Å². The fourth-order valence-corrected chi connectivity index (χ4v) is 6.69. The summed E-state index contributed by atoms with van der Waals surface area (Å²) < 4.78 is 0. The summed E-state index contributed by atoms with van der Waals surface area (Å²) in [7, 11) is 0. The lowest BCUT2D eigenvalue weighted by Crippen LogP contribution is -2.53. The van der Waals surface area contributed by atoms with Crippen LogP contribution in [0.25, 0.3) is 0 Å². The van der Waals surface area contributed by atoms with Gasteiger partial charge in [-0.15, -0.1) is 0 Å². The van der Waals surface area contributed by atoms with Crippen LogP contribution in [-0.2, 0) is 4.79 Å². The smallest absolute Gasteiger partial charge is 0.137 e. The molecular weight excluding hydrogens is 292 g/mol. The number of Topliss-reactive ketones (excluding diaryl/α,β-unsaturated/α-hetero) is 1. The molecule has 0 aromatic rings. The molecule has 0 spiro atoms. The lowest BCUT2D eigenvalue weighted by molar-refractivity contribution is -0.143. The van der Waals surface area contributed by atoms with Gasteiger partial charge in [-0.3, -0.25) is 4.79 Å². The first kappa shape index (κ1) is 18.0. The second-order valence-electron chi connectivity index (χ2n) is 9.04. The number of carbonyl (C=O) groups excluding carboxylic acids is 1. The zero-order valence-corrected chi connectivity index (χ0v) is 16.4. The highest BCUT2D eigenvalue weighted by molar-refractivity contribution is 5.84. The minimum absolute atomic E-state index is 0.284. The predicted molar refractivity (Wildman–Crippen MR) is 102 cm³/mol. The van der Waals surface area contributed by atoms with E-state index in [4.69, 9.17) is 0 Å². The molecule has 1 heteroatoms. The molecule has 0 aliphatic heterocycles. The molecule has 0 aromatic carbocycles. The second kappa shape index (κ2) is 6.46. The molecule has 0 N–H and O–H groups in total. The summed E-state index contributed by atoms with van der Waals surface area (Å²) in [4.78, 5) is 13.2. The van der Waals surface area contributed by atoms with Crippen molar-refractivity contribution in [2.75, 3.05) is 0 Å². The Hall–Kier alpha value is -0.850. The maximum atomic E-state index is 13.2. The van der Waals surface area contributed by atoms with Gasteiger partial charge in [-0.05, 0) is 67.1 Å². The topological polar surface area (TPSA) is 17.1 Å². The molecule has 4 aliphatic carbocycles. The Labute approximate surface area is 149 Å². The molecule has 3 fully saturated rings. The summed E-state index contributed by atoms with van der Waals surface area (Å²) in [5.74, 6) is 4.27. The van der Waals surface area contributed by atoms with Gasteiger partial charge in [0.25, 0.3) is 0 Å². The van der Waals surface area contributed by atoms with Crippen LogP contribution < -0.4 is 0 Å². The van der Waals surface area contributed by atoms with Crippen LogP contribution in [0.5, 0.6) is 0 Å². The third-order valence-electron chi connectivity index (χ3n) is 7.98. The van der Waals surface area contributed by atoms with Crippen molar-refractivity contribution in [3.63, 3.8) is 0 Å². The SMILES string of the molecule is C=C1C=C2C[C@@H](C)C3C(C(=O)CC4(C)C3CC[C@@H]4C)C2CC1.CC. The van der Waals surface area contributed by atoms with Crippen LogP contribution in [0.2, 0.25) is 0 Å². The molecule has 1 nitrogen and oxygen atoms in total. The van der Waals surface area contributed by atoms with E-state index in [0.717, 1.165) is 24.7 Å². The Kier molecular flexibility index (Phi) is 4.84. The lowest BCUT2D eigenvalue weighted by Gasteiger charge is -2.55. The average Bonchev–Trinajstić information content (AvgIpc) is 2.84. The molecule has 0 radical (unpaired) electrons. The van der Waals surface area contributed by atoms with Crippen molar-refractivity contribution < 1.29 is 4.79 Å². The first-order chi connectivity index (χ1) is 11.4. The molecule has 134 valence electrons. The summed E-state index contributed by atoms with van der Waals surface area (Å²) in [5.41, 5.74) is 3.11. The maximum Gasteiger partial charge on any atom is 0.137 e. The highest BCUT2D eigenvalue weighted by Crippen LogP contribution is 2.63. The molecule has 0 amide bonds. The Balaban J connectivity index is 0.000000815. The Morgan fingerprint density at radius 1 is 1.17 bits per heavy atom. The van der Waals surface area contributed by atoms with Crippen molar-refractivity contribution in [1.29, 1.82) is 0 Å². The third kappa shape index (κ3) is 2.54. The number of rotatable bonds is 0. The van der Waals surface area contributed by atoms with E-state index < -0.39 is 0 Å². The molecule has 0 bridgehead atoms. The number of hydrogen-bond acceptors (Lipinski definition) is 1. The van der Waals surface area contributed by atoms with Crippen molar-refractivity contribution >= 4 is 5.78 Å². The normalized spacial score (nSPS) is 47.0. The first-order valence-corrected chi connectivity index (χ1v) is 10.3. The highest BCUT2D eigenvalue weighted by Gasteiger charge is 2.59. The second-order valence-corrected chi connectivity index (χ2v) is 9.04. The van der Waals surface area contributed by atoms with Gasteiger partial charge in [0.05, 0.1) is 0 Å². The van der Waals surface area contributed by atoms with Gasteiger partial charge in [-0.2, -0.15) is 0 Å². The zero-order valence-electron chi connectivity index (χ0n) is 16.4. The lowest BCUT2D eigenvalue weighted by atomic mass is 9.48. The van der Waals surface area contributed by atoms with Crippen LogP contribution in [-0.4, -0.2) is 5.78 Å². The van der Waals surface area contributed by atoms with E-state index in [1.54, 1.807) is 5.57 Å². The Morgan fingerprint density at radius 2 is 1.88 bits per heavy atom. The standard InChI is InChI=1S/C21H30O.C2H6/c1-12-5-7-16-15(9-12)10-13(2)19-17-8-6-14(3)21(17,4)11-18(22)20(16)19;1-2/h9,13-14,16-17,19-20H,1,5-8,10-11H2,2-4H3;1-2H3/t13-,14+,16?,17?,19?,20?,21?;/m1./s1. The fraction of sp³-hybridized carbons (Fsp3) is 0.783. The van der Waals surface area contributed by atoms with Crippen molar-refractivity contribution in [2.24, 2.45) is 40.9 Å². The van der Waals surface area contributed by atoms with Gasteiger partial charge in [-0.25, -0.2) is 0 Å². The van der Waals surface area contributed by atoms with E-state index in [9.17, 15) is 4.79 Å². The van der Waals surface area contributed by atoms with Crippen LogP contribution in [0.4, 0.5) is 0 Å². The fourth-order valence-electron chi connectivity index (χ4n) is 6.69. The van der Waals surface area contributed by atoms with Crippen LogP contribution in [0, 0.1) is 40.9 Å². The van der Waals surface area contributed by atoms with Crippen molar-refractivity contribution in [3.05, 3.63) is 23.8 Å². The summed E-state index contributed by atoms with van der Waals surface area (Å²) in [6.07, 6.45) is 9.33. The molecule has 0 saturated heterocycles. The molecule has 0 heterocycles. The number of fused-ring (bicyclic) bond motifs is 5. The molecule has 7 atom stereocenters. The number of hydrogen-bond donors (Lipinski definition) is 0. The first-order valence-electron chi connectivity index (χ1n) is 10.3. The van der Waals surface area contributed by atoms with E-state index in [1.807, 2.05) is 13.8 Å². The average molecular weight is 329 g/mol. The Morgan fingerprint density at radius 3 is 2.58 bits per heavy atom. The van der Waals surface area contributed by atoms with E-state index in [0.29, 0.717) is 29.5 Å². The summed E-state index contributed by atoms with van der Waals surface area (Å²) in [6, 6.07) is 0. The third-order valence-corrected chi connectivity index (χ3v) is 7.98. The summed E-state index contributed by atoms with van der Waals surface area (Å²) in [5, 5.41) is 0. The van der Waals surface area contributed by atoms with E-state index >= 15 is 0 Å². The molecule has 0 aromatic heterocycles. The van der Waals surface area contributed by atoms with Crippen molar-refractivity contribution in [3.8, 4) is 0 Å². The molecule has 4 rings (SSSR count). The van der Waals surface area contributed by atoms with Gasteiger partial charge in [0.15, 0.2) is 0 Å². The minimum atomic E-state index is 0.284. The van der Waals surface area contributed by atoms with Gasteiger partial charge in [0.2, 0.25) is 0 Å². The van der Waals surface area contributed by atoms with Gasteiger partial charge in [0.1, 0.15) is 5.78 Å². The minimum Gasteiger partial charge on any atom is -0.299 e. The van der Waals surface area contributed by atoms with Gasteiger partial charge >= 0.3 is 0 Å². The van der Waals surface area contributed by atoms with E-state index in [2.05, 4.69) is 33.4 Å². The number of allylic oxidation sites excluding steroid dienone is 3. The van der Waals surface area contributed by atoms with Crippen LogP contribution >= 0.6 is 0 Å². The van der Waals surface area contributed by atoms with Gasteiger partial charge < -0.3 is 0 Å². The summed E-state index contributed by atoms with van der Waals surface area (Å²) >= 11 is 0. The van der Waals surface area contributed by atoms with E-state index in [-0.39, 0.29) is 5.41 Å². The van der Waals surface area contributed by atoms with Gasteiger partial charge in [0, 0.05) is 12.3 Å². The Bertz CT molecular complexity index is 556. The number of carbonyl (C=O) groups is 1. The summed E-state index contributed by atoms with van der Waals surface area (Å²) in [6.45, 7) is 15.4. The van der Waals surface area contributed by atoms with E-state index in [1.165, 1.54) is 31.3 Å². The van der Waals surface area contributed by atoms with Crippen LogP contribution in [0.15, 0.2) is 23.8 Å². The maximum absolute atomic E-state index is 13.2. The molecular formula is C23H36O. The van der Waals surface area contributed by atoms with Crippen LogP contribution in [0.1, 0.15) is 73.1 Å². The largest absolute Gasteiger partial charge is 0.299 e. The highest BCUT2D eigenvalue weighted by atomic mass is 16.1. The monoisotopic (exact) mass is 328 g/mol. The molecule has 24 heavy (non-hydrogen) atoms. The van der Waals surface area contributed by atoms with Crippen molar-refractivity contribution in [2.45, 2.75) is 73.1 Å². The zero-order chi connectivity index (χ0) is 17.6. The quantitative estimate of drug-likeness (QED) is 0.517. The number of ketones is 1. The molecule has 5 unspecified atom stereocenters.